The number of hydrogen-bond donors (Lipinski definition) is 2. The van der Waals surface area contributed by atoms with Gasteiger partial charge in [0.25, 0.3) is 5.91 Å². The van der Waals surface area contributed by atoms with Gasteiger partial charge in [0, 0.05) is 24.2 Å². The predicted octanol–water partition coefficient (Wildman–Crippen LogP) is -0.271. The van der Waals surface area contributed by atoms with E-state index in [1.807, 2.05) is 0 Å². The zero-order valence-corrected chi connectivity index (χ0v) is 12.8. The molecule has 3 N–H and O–H groups in total. The second-order valence-corrected chi connectivity index (χ2v) is 5.15. The summed E-state index contributed by atoms with van der Waals surface area (Å²) in [6, 6.07) is 2.40. The predicted molar refractivity (Wildman–Crippen MR) is 79.2 cm³/mol. The summed E-state index contributed by atoms with van der Waals surface area (Å²) in [5.74, 6) is -0.561. The molecule has 23 heavy (non-hydrogen) atoms. The van der Waals surface area contributed by atoms with Crippen LogP contribution >= 0.6 is 0 Å². The summed E-state index contributed by atoms with van der Waals surface area (Å²) in [4.78, 5) is 33.7. The lowest BCUT2D eigenvalue weighted by Crippen LogP contribution is -2.92. The normalized spacial score (nSPS) is 16.8. The van der Waals surface area contributed by atoms with Gasteiger partial charge >= 0.3 is 11.7 Å². The summed E-state index contributed by atoms with van der Waals surface area (Å²) < 4.78 is 9.80. The van der Waals surface area contributed by atoms with Crippen molar-refractivity contribution < 1.29 is 29.3 Å². The fraction of sp³-hybridized carbons (Fsp3) is 0.429. The minimum absolute atomic E-state index is 0.0541. The molecule has 1 aliphatic heterocycles. The summed E-state index contributed by atoms with van der Waals surface area (Å²) in [7, 11) is 1.32. The highest BCUT2D eigenvalue weighted by Crippen LogP contribution is 2.32. The largest absolute Gasteiger partial charge is 0.490 e. The molecule has 2 rings (SSSR count). The molecule has 1 fully saturated rings. The topological polar surface area (TPSA) is 124 Å². The van der Waals surface area contributed by atoms with Gasteiger partial charge in [-0.05, 0) is 12.5 Å². The number of quaternary nitrogens is 1. The number of methoxy groups -OCH3 is 1. The average Bonchev–Trinajstić information content (AvgIpc) is 2.92. The summed E-state index contributed by atoms with van der Waals surface area (Å²) in [6.07, 6.45) is 0.580. The number of ether oxygens (including phenoxy) is 2. The first kappa shape index (κ1) is 16.7. The third-order valence-corrected chi connectivity index (χ3v) is 3.56. The van der Waals surface area contributed by atoms with Crippen molar-refractivity contribution >= 4 is 23.3 Å². The molecule has 0 bridgehead atoms. The SMILES string of the molecule is COc1cc(NC(=O)C[NH2+][C@H]2CCOC2=O)c(C)cc1[N+](=O)[O-]. The molecule has 0 radical (unpaired) electrons. The van der Waals surface area contributed by atoms with Gasteiger partial charge in [0.1, 0.15) is 0 Å². The van der Waals surface area contributed by atoms with Gasteiger partial charge in [-0.1, -0.05) is 0 Å². The van der Waals surface area contributed by atoms with Gasteiger partial charge in [0.2, 0.25) is 0 Å². The van der Waals surface area contributed by atoms with Gasteiger partial charge in [-0.25, -0.2) is 4.79 Å². The molecule has 0 saturated carbocycles. The van der Waals surface area contributed by atoms with Crippen LogP contribution in [0.5, 0.6) is 5.75 Å². The molecule has 0 unspecified atom stereocenters. The van der Waals surface area contributed by atoms with Crippen LogP contribution in [0.3, 0.4) is 0 Å². The molecule has 1 atom stereocenters. The summed E-state index contributed by atoms with van der Waals surface area (Å²) in [6.45, 7) is 2.08. The first-order chi connectivity index (χ1) is 10.9. The zero-order chi connectivity index (χ0) is 17.0. The number of aryl methyl sites for hydroxylation is 1. The third-order valence-electron chi connectivity index (χ3n) is 3.56. The fourth-order valence-corrected chi connectivity index (χ4v) is 2.29. The highest BCUT2D eigenvalue weighted by Gasteiger charge is 2.30. The van der Waals surface area contributed by atoms with Gasteiger partial charge in [0.15, 0.2) is 18.3 Å². The molecule has 9 nitrogen and oxygen atoms in total. The van der Waals surface area contributed by atoms with Gasteiger partial charge in [-0.15, -0.1) is 0 Å². The molecule has 0 aromatic heterocycles. The van der Waals surface area contributed by atoms with Crippen molar-refractivity contribution in [1.82, 2.24) is 0 Å². The lowest BCUT2D eigenvalue weighted by atomic mass is 10.1. The molecule has 1 amide bonds. The van der Waals surface area contributed by atoms with E-state index in [1.54, 1.807) is 12.2 Å². The first-order valence-corrected chi connectivity index (χ1v) is 7.05. The van der Waals surface area contributed by atoms with Crippen LogP contribution in [-0.2, 0) is 14.3 Å². The van der Waals surface area contributed by atoms with Crippen LogP contribution in [0.15, 0.2) is 12.1 Å². The van der Waals surface area contributed by atoms with Crippen molar-refractivity contribution in [3.63, 3.8) is 0 Å². The Hall–Kier alpha value is -2.68. The molecule has 1 saturated heterocycles. The van der Waals surface area contributed by atoms with E-state index in [9.17, 15) is 19.7 Å². The number of nitrogens with zero attached hydrogens (tertiary/aromatic N) is 1. The number of carbonyl (C=O) groups is 2. The number of benzene rings is 1. The van der Waals surface area contributed by atoms with E-state index in [4.69, 9.17) is 9.47 Å². The Kier molecular flexibility index (Phi) is 5.12. The van der Waals surface area contributed by atoms with Crippen molar-refractivity contribution in [2.75, 3.05) is 25.6 Å². The summed E-state index contributed by atoms with van der Waals surface area (Å²) >= 11 is 0. The first-order valence-electron chi connectivity index (χ1n) is 7.05. The zero-order valence-electron chi connectivity index (χ0n) is 12.8. The number of esters is 1. The molecule has 1 aromatic carbocycles. The second-order valence-electron chi connectivity index (χ2n) is 5.15. The Bertz CT molecular complexity index is 646. The van der Waals surface area contributed by atoms with E-state index in [2.05, 4.69) is 5.32 Å². The molecule has 9 heteroatoms. The standard InChI is InChI=1S/C14H17N3O6/c1-8-5-11(17(20)21)12(22-2)6-10(8)16-13(18)7-15-9-3-4-23-14(9)19/h5-6,9,15H,3-4,7H2,1-2H3,(H,16,18)/p+1/t9-/m0/s1. The van der Waals surface area contributed by atoms with E-state index in [0.717, 1.165) is 0 Å². The molecule has 1 aliphatic rings. The minimum atomic E-state index is -0.545. The minimum Gasteiger partial charge on any atom is -0.490 e. The number of nitrogens with two attached hydrogens (primary N) is 1. The van der Waals surface area contributed by atoms with Gasteiger partial charge < -0.3 is 20.1 Å². The summed E-state index contributed by atoms with van der Waals surface area (Å²) in [5.41, 5.74) is 0.814. The Morgan fingerprint density at radius 2 is 2.30 bits per heavy atom. The second kappa shape index (κ2) is 7.05. The van der Waals surface area contributed by atoms with Gasteiger partial charge in [-0.2, -0.15) is 0 Å². The maximum atomic E-state index is 12.0. The van der Waals surface area contributed by atoms with Crippen molar-refractivity contribution in [3.05, 3.63) is 27.8 Å². The third kappa shape index (κ3) is 3.95. The number of carbonyl (C=O) groups excluding carboxylic acids is 2. The molecule has 0 spiro atoms. The van der Waals surface area contributed by atoms with Crippen molar-refractivity contribution in [2.24, 2.45) is 0 Å². The van der Waals surface area contributed by atoms with Crippen molar-refractivity contribution in [1.29, 1.82) is 0 Å². The smallest absolute Gasteiger partial charge is 0.364 e. The number of hydrogen-bond acceptors (Lipinski definition) is 6. The van der Waals surface area contributed by atoms with Crippen LogP contribution in [-0.4, -0.2) is 43.1 Å². The quantitative estimate of drug-likeness (QED) is 0.421. The number of amides is 1. The van der Waals surface area contributed by atoms with Crippen LogP contribution in [0.2, 0.25) is 0 Å². The Morgan fingerprint density at radius 1 is 1.57 bits per heavy atom. The van der Waals surface area contributed by atoms with E-state index >= 15 is 0 Å². The maximum absolute atomic E-state index is 12.0. The average molecular weight is 324 g/mol. The molecule has 124 valence electrons. The van der Waals surface area contributed by atoms with Crippen LogP contribution in [0, 0.1) is 17.0 Å². The van der Waals surface area contributed by atoms with E-state index < -0.39 is 4.92 Å². The van der Waals surface area contributed by atoms with E-state index in [1.165, 1.54) is 19.2 Å². The fourth-order valence-electron chi connectivity index (χ4n) is 2.29. The van der Waals surface area contributed by atoms with E-state index in [-0.39, 0.29) is 35.9 Å². The molecule has 0 aliphatic carbocycles. The Balaban J connectivity index is 2.02. The lowest BCUT2D eigenvalue weighted by molar-refractivity contribution is -0.665. The maximum Gasteiger partial charge on any atom is 0.364 e. The summed E-state index contributed by atoms with van der Waals surface area (Å²) in [5, 5.41) is 15.2. The Morgan fingerprint density at radius 3 is 2.87 bits per heavy atom. The number of nitrogens with one attached hydrogen (secondary N) is 1. The molecule has 1 aromatic rings. The van der Waals surface area contributed by atoms with Crippen LogP contribution in [0.1, 0.15) is 12.0 Å². The van der Waals surface area contributed by atoms with Crippen LogP contribution in [0.25, 0.3) is 0 Å². The number of nitro benzene ring substituents is 1. The highest BCUT2D eigenvalue weighted by atomic mass is 16.6. The molecular weight excluding hydrogens is 306 g/mol. The number of cyclic esters (lactones) is 1. The van der Waals surface area contributed by atoms with E-state index in [0.29, 0.717) is 24.3 Å². The van der Waals surface area contributed by atoms with Gasteiger partial charge in [-0.3, -0.25) is 14.9 Å². The number of rotatable bonds is 6. The lowest BCUT2D eigenvalue weighted by Gasteiger charge is -2.11. The number of anilines is 1. The van der Waals surface area contributed by atoms with Crippen LogP contribution in [0.4, 0.5) is 11.4 Å². The van der Waals surface area contributed by atoms with Crippen LogP contribution < -0.4 is 15.4 Å². The van der Waals surface area contributed by atoms with Crippen molar-refractivity contribution in [3.8, 4) is 5.75 Å². The number of nitro groups is 1. The highest BCUT2D eigenvalue weighted by molar-refractivity contribution is 5.92. The van der Waals surface area contributed by atoms with Crippen molar-refractivity contribution in [2.45, 2.75) is 19.4 Å². The Labute approximate surface area is 132 Å². The monoisotopic (exact) mass is 324 g/mol. The van der Waals surface area contributed by atoms with Gasteiger partial charge in [0.05, 0.1) is 18.6 Å². The molecular formula is C14H18N3O6+. The molecule has 1 heterocycles.